The van der Waals surface area contributed by atoms with E-state index in [1.54, 1.807) is 6.07 Å². The number of benzene rings is 2. The van der Waals surface area contributed by atoms with Crippen LogP contribution in [0.4, 0.5) is 5.69 Å². The van der Waals surface area contributed by atoms with Crippen molar-refractivity contribution in [2.75, 3.05) is 24.2 Å². The Balaban J connectivity index is 1.47. The number of hydrogen-bond donors (Lipinski definition) is 1. The Morgan fingerprint density at radius 1 is 1.14 bits per heavy atom. The van der Waals surface area contributed by atoms with Crippen LogP contribution in [-0.2, 0) is 21.2 Å². The Hall–Kier alpha value is -1.89. The molecule has 0 aromatic heterocycles. The molecule has 0 aliphatic carbocycles. The molecule has 29 heavy (non-hydrogen) atoms. The predicted molar refractivity (Wildman–Crippen MR) is 118 cm³/mol. The number of halogens is 1. The third-order valence-corrected chi connectivity index (χ3v) is 7.73. The minimum atomic E-state index is -3.29. The quantitative estimate of drug-likeness (QED) is 0.707. The molecule has 0 unspecified atom stereocenters. The molecule has 0 radical (unpaired) electrons. The molecule has 2 aromatic carbocycles. The second-order valence-corrected chi connectivity index (χ2v) is 10.0. The van der Waals surface area contributed by atoms with Crippen molar-refractivity contribution in [3.05, 3.63) is 64.7 Å². The molecule has 1 heterocycles. The molecule has 0 spiro atoms. The lowest BCUT2D eigenvalue weighted by molar-refractivity contribution is -0.120. The highest BCUT2D eigenvalue weighted by atomic mass is 35.5. The van der Waals surface area contributed by atoms with Crippen molar-refractivity contribution in [1.82, 2.24) is 4.31 Å². The minimum absolute atomic E-state index is 0.0777. The molecule has 1 saturated heterocycles. The van der Waals surface area contributed by atoms with Crippen LogP contribution in [0.25, 0.3) is 0 Å². The summed E-state index contributed by atoms with van der Waals surface area (Å²) in [6.07, 6.45) is 2.41. The first kappa shape index (κ1) is 21.8. The number of nitrogens with zero attached hydrogens (tertiary/aromatic N) is 1. The summed E-state index contributed by atoms with van der Waals surface area (Å²) < 4.78 is 26.8. The van der Waals surface area contributed by atoms with Gasteiger partial charge in [0.15, 0.2) is 0 Å². The van der Waals surface area contributed by atoms with Crippen molar-refractivity contribution in [3.8, 4) is 0 Å². The second kappa shape index (κ2) is 9.74. The molecule has 1 aliphatic rings. The van der Waals surface area contributed by atoms with Crippen LogP contribution in [0, 0.1) is 12.8 Å². The number of rotatable bonds is 7. The molecule has 1 amide bonds. The van der Waals surface area contributed by atoms with E-state index < -0.39 is 10.0 Å². The Kier molecular flexibility index (Phi) is 7.33. The van der Waals surface area contributed by atoms with E-state index in [9.17, 15) is 13.2 Å². The number of carbonyl (C=O) groups is 1. The van der Waals surface area contributed by atoms with Crippen LogP contribution < -0.4 is 5.32 Å². The van der Waals surface area contributed by atoms with Crippen LogP contribution in [0.3, 0.4) is 0 Å². The van der Waals surface area contributed by atoms with Crippen molar-refractivity contribution in [3.63, 3.8) is 0 Å². The fourth-order valence-corrected chi connectivity index (χ4v) is 5.26. The number of anilines is 1. The van der Waals surface area contributed by atoms with Gasteiger partial charge >= 0.3 is 0 Å². The smallest absolute Gasteiger partial charge is 0.227 e. The minimum Gasteiger partial charge on any atom is -0.326 e. The number of piperidine rings is 1. The largest absolute Gasteiger partial charge is 0.326 e. The van der Waals surface area contributed by atoms with E-state index in [4.69, 9.17) is 11.6 Å². The molecular formula is C22H27ClN2O3S. The van der Waals surface area contributed by atoms with Crippen molar-refractivity contribution in [1.29, 1.82) is 0 Å². The average molecular weight is 435 g/mol. The van der Waals surface area contributed by atoms with E-state index in [0.717, 1.165) is 17.5 Å². The van der Waals surface area contributed by atoms with E-state index in [0.29, 0.717) is 43.1 Å². The van der Waals surface area contributed by atoms with E-state index in [2.05, 4.69) is 5.32 Å². The van der Waals surface area contributed by atoms with Gasteiger partial charge in [-0.15, -0.1) is 0 Å². The number of amides is 1. The highest BCUT2D eigenvalue weighted by Gasteiger charge is 2.30. The summed E-state index contributed by atoms with van der Waals surface area (Å²) in [7, 11) is -3.29. The predicted octanol–water partition coefficient (Wildman–Crippen LogP) is 4.26. The van der Waals surface area contributed by atoms with E-state index in [1.807, 2.05) is 49.4 Å². The molecule has 1 N–H and O–H groups in total. The van der Waals surface area contributed by atoms with E-state index in [1.165, 1.54) is 4.31 Å². The zero-order chi connectivity index (χ0) is 20.9. The number of aryl methyl sites for hydroxylation is 2. The van der Waals surface area contributed by atoms with Gasteiger partial charge < -0.3 is 5.32 Å². The van der Waals surface area contributed by atoms with Gasteiger partial charge in [-0.1, -0.05) is 48.0 Å². The Morgan fingerprint density at radius 2 is 1.83 bits per heavy atom. The van der Waals surface area contributed by atoms with Crippen LogP contribution >= 0.6 is 11.6 Å². The number of carbonyl (C=O) groups excluding carboxylic acids is 1. The Labute approximate surface area is 178 Å². The highest BCUT2D eigenvalue weighted by molar-refractivity contribution is 7.89. The molecule has 0 saturated carbocycles. The Bertz CT molecular complexity index is 940. The lowest BCUT2D eigenvalue weighted by atomic mass is 9.97. The van der Waals surface area contributed by atoms with Gasteiger partial charge in [-0.3, -0.25) is 4.79 Å². The fraction of sp³-hybridized carbons (Fsp3) is 0.409. The van der Waals surface area contributed by atoms with Gasteiger partial charge in [0.1, 0.15) is 0 Å². The van der Waals surface area contributed by atoms with Crippen LogP contribution in [0.1, 0.15) is 30.4 Å². The maximum absolute atomic E-state index is 12.6. The van der Waals surface area contributed by atoms with Crippen molar-refractivity contribution in [2.45, 2.75) is 32.6 Å². The lowest BCUT2D eigenvalue weighted by Crippen LogP contribution is -2.42. The highest BCUT2D eigenvalue weighted by Crippen LogP contribution is 2.24. The zero-order valence-electron chi connectivity index (χ0n) is 16.6. The number of sulfonamides is 1. The fourth-order valence-electron chi connectivity index (χ4n) is 3.54. The molecular weight excluding hydrogens is 408 g/mol. The summed E-state index contributed by atoms with van der Waals surface area (Å²) in [6, 6.07) is 15.3. The van der Waals surface area contributed by atoms with Gasteiger partial charge in [0.25, 0.3) is 0 Å². The lowest BCUT2D eigenvalue weighted by Gasteiger charge is -2.30. The molecule has 2 aromatic rings. The van der Waals surface area contributed by atoms with E-state index >= 15 is 0 Å². The van der Waals surface area contributed by atoms with Crippen molar-refractivity contribution < 1.29 is 13.2 Å². The van der Waals surface area contributed by atoms with Crippen LogP contribution in [0.2, 0.25) is 5.02 Å². The van der Waals surface area contributed by atoms with Gasteiger partial charge in [-0.25, -0.2) is 12.7 Å². The van der Waals surface area contributed by atoms with Crippen molar-refractivity contribution >= 4 is 33.2 Å². The third-order valence-electron chi connectivity index (χ3n) is 5.37. The monoisotopic (exact) mass is 434 g/mol. The summed E-state index contributed by atoms with van der Waals surface area (Å²) in [5.74, 6) is -0.127. The Morgan fingerprint density at radius 3 is 2.48 bits per heavy atom. The third kappa shape index (κ3) is 6.04. The standard InChI is InChI=1S/C22H27ClN2O3S/c1-17-9-10-20(16-21(17)23)24-22(26)19-11-13-25(14-12-19)29(27,28)15-5-8-18-6-3-2-4-7-18/h2-4,6-7,9-10,16,19H,5,8,11-15H2,1H3,(H,24,26). The first-order valence-electron chi connectivity index (χ1n) is 9.94. The molecule has 5 nitrogen and oxygen atoms in total. The summed E-state index contributed by atoms with van der Waals surface area (Å²) in [5.41, 5.74) is 2.77. The molecule has 0 bridgehead atoms. The topological polar surface area (TPSA) is 66.5 Å². The van der Waals surface area contributed by atoms with Crippen LogP contribution in [0.5, 0.6) is 0 Å². The van der Waals surface area contributed by atoms with Gasteiger partial charge in [0.05, 0.1) is 5.75 Å². The summed E-state index contributed by atoms with van der Waals surface area (Å²) in [5, 5.41) is 3.50. The van der Waals surface area contributed by atoms with Gasteiger partial charge in [-0.05, 0) is 55.9 Å². The maximum Gasteiger partial charge on any atom is 0.227 e. The van der Waals surface area contributed by atoms with E-state index in [-0.39, 0.29) is 17.6 Å². The first-order valence-corrected chi connectivity index (χ1v) is 11.9. The summed E-state index contributed by atoms with van der Waals surface area (Å²) in [6.45, 7) is 2.69. The molecule has 156 valence electrons. The van der Waals surface area contributed by atoms with Crippen LogP contribution in [0.15, 0.2) is 48.5 Å². The number of hydrogen-bond acceptors (Lipinski definition) is 3. The molecule has 1 fully saturated rings. The second-order valence-electron chi connectivity index (χ2n) is 7.53. The van der Waals surface area contributed by atoms with Gasteiger partial charge in [0, 0.05) is 29.7 Å². The maximum atomic E-state index is 12.6. The first-order chi connectivity index (χ1) is 13.8. The average Bonchev–Trinajstić information content (AvgIpc) is 2.71. The van der Waals surface area contributed by atoms with Crippen LogP contribution in [-0.4, -0.2) is 37.5 Å². The molecule has 3 rings (SSSR count). The normalized spacial score (nSPS) is 15.9. The van der Waals surface area contributed by atoms with Gasteiger partial charge in [0.2, 0.25) is 15.9 Å². The SMILES string of the molecule is Cc1ccc(NC(=O)C2CCN(S(=O)(=O)CCCc3ccccc3)CC2)cc1Cl. The number of nitrogens with one attached hydrogen (secondary N) is 1. The molecule has 0 atom stereocenters. The zero-order valence-corrected chi connectivity index (χ0v) is 18.2. The summed E-state index contributed by atoms with van der Waals surface area (Å²) >= 11 is 6.11. The van der Waals surface area contributed by atoms with Gasteiger partial charge in [-0.2, -0.15) is 0 Å². The molecule has 7 heteroatoms. The molecule has 1 aliphatic heterocycles. The summed E-state index contributed by atoms with van der Waals surface area (Å²) in [4.78, 5) is 12.5. The van der Waals surface area contributed by atoms with Crippen molar-refractivity contribution in [2.24, 2.45) is 5.92 Å².